The molecule has 0 radical (unpaired) electrons. The topological polar surface area (TPSA) is 126 Å². The van der Waals surface area contributed by atoms with Gasteiger partial charge in [-0.1, -0.05) is 47.7 Å². The minimum atomic E-state index is -1.09. The molecule has 9 nitrogen and oxygen atoms in total. The van der Waals surface area contributed by atoms with E-state index in [0.717, 1.165) is 39.5 Å². The summed E-state index contributed by atoms with van der Waals surface area (Å²) in [4.78, 5) is 27.3. The first-order valence-corrected chi connectivity index (χ1v) is 10.5. The number of thioether (sulfide) groups is 1. The van der Waals surface area contributed by atoms with Crippen molar-refractivity contribution in [2.24, 2.45) is 0 Å². The summed E-state index contributed by atoms with van der Waals surface area (Å²) in [6, 6.07) is 14.3. The maximum absolute atomic E-state index is 12.5. The number of rotatable bonds is 8. The van der Waals surface area contributed by atoms with E-state index in [1.807, 2.05) is 55.5 Å². The Balaban J connectivity index is 1.40. The predicted molar refractivity (Wildman–Crippen MR) is 116 cm³/mol. The molecule has 0 aliphatic heterocycles. The summed E-state index contributed by atoms with van der Waals surface area (Å²) in [6.07, 6.45) is 1.95. The molecule has 3 N–H and O–H groups in total. The predicted octanol–water partition coefficient (Wildman–Crippen LogP) is 2.36. The number of nitrogens with zero attached hydrogens (tertiary/aromatic N) is 4. The summed E-state index contributed by atoms with van der Waals surface area (Å²) >= 11 is 1.14. The van der Waals surface area contributed by atoms with Gasteiger partial charge in [0.1, 0.15) is 6.04 Å². The van der Waals surface area contributed by atoms with E-state index in [-0.39, 0.29) is 12.2 Å². The van der Waals surface area contributed by atoms with Crippen molar-refractivity contribution in [2.45, 2.75) is 24.5 Å². The molecule has 2 aromatic heterocycles. The fourth-order valence-electron chi connectivity index (χ4n) is 3.20. The molecule has 0 aliphatic rings. The summed E-state index contributed by atoms with van der Waals surface area (Å²) in [6.45, 7) is 1.98. The van der Waals surface area contributed by atoms with E-state index in [9.17, 15) is 14.7 Å². The van der Waals surface area contributed by atoms with Crippen molar-refractivity contribution in [1.82, 2.24) is 30.5 Å². The second-order valence-electron chi connectivity index (χ2n) is 7.02. The molecule has 0 saturated carbocycles. The molecule has 31 heavy (non-hydrogen) atoms. The van der Waals surface area contributed by atoms with Gasteiger partial charge in [-0.15, -0.1) is 5.10 Å². The van der Waals surface area contributed by atoms with Crippen molar-refractivity contribution in [3.8, 4) is 5.69 Å². The lowest BCUT2D eigenvalue weighted by molar-refractivity contribution is -0.141. The van der Waals surface area contributed by atoms with Crippen LogP contribution in [0.3, 0.4) is 0 Å². The monoisotopic (exact) mass is 436 g/mol. The van der Waals surface area contributed by atoms with Crippen LogP contribution in [0.25, 0.3) is 16.6 Å². The number of benzene rings is 2. The minimum absolute atomic E-state index is 0.0100. The van der Waals surface area contributed by atoms with Crippen LogP contribution in [0.4, 0.5) is 0 Å². The molecule has 158 valence electrons. The summed E-state index contributed by atoms with van der Waals surface area (Å²) < 4.78 is 1.54. The fraction of sp³-hybridized carbons (Fsp3) is 0.190. The van der Waals surface area contributed by atoms with E-state index in [4.69, 9.17) is 0 Å². The van der Waals surface area contributed by atoms with Crippen molar-refractivity contribution >= 4 is 34.5 Å². The van der Waals surface area contributed by atoms with Crippen LogP contribution >= 0.6 is 11.8 Å². The number of para-hydroxylation sites is 1. The minimum Gasteiger partial charge on any atom is -0.480 e. The molecule has 0 aliphatic carbocycles. The molecule has 10 heteroatoms. The van der Waals surface area contributed by atoms with Crippen LogP contribution in [0.2, 0.25) is 0 Å². The molecule has 1 unspecified atom stereocenters. The van der Waals surface area contributed by atoms with Crippen molar-refractivity contribution in [3.63, 3.8) is 0 Å². The molecule has 0 saturated heterocycles. The number of aryl methyl sites for hydroxylation is 1. The summed E-state index contributed by atoms with van der Waals surface area (Å²) in [5, 5.41) is 25.2. The fourth-order valence-corrected chi connectivity index (χ4v) is 3.91. The Morgan fingerprint density at radius 2 is 1.97 bits per heavy atom. The van der Waals surface area contributed by atoms with E-state index in [1.165, 1.54) is 4.68 Å². The van der Waals surface area contributed by atoms with Crippen LogP contribution in [0.15, 0.2) is 59.9 Å². The highest BCUT2D eigenvalue weighted by Gasteiger charge is 2.22. The van der Waals surface area contributed by atoms with Crippen LogP contribution in [-0.4, -0.2) is 54.0 Å². The Bertz CT molecular complexity index is 1220. The normalized spacial score (nSPS) is 12.0. The van der Waals surface area contributed by atoms with Crippen LogP contribution in [0.1, 0.15) is 11.1 Å². The van der Waals surface area contributed by atoms with Gasteiger partial charge in [-0.25, -0.2) is 4.79 Å². The first-order chi connectivity index (χ1) is 15.0. The van der Waals surface area contributed by atoms with Gasteiger partial charge < -0.3 is 15.4 Å². The molecule has 2 aromatic carbocycles. The van der Waals surface area contributed by atoms with Gasteiger partial charge in [0.25, 0.3) is 0 Å². The number of hydrogen-bond acceptors (Lipinski definition) is 6. The molecule has 2 heterocycles. The number of fused-ring (bicyclic) bond motifs is 1. The Kier molecular flexibility index (Phi) is 5.99. The van der Waals surface area contributed by atoms with E-state index < -0.39 is 17.9 Å². The molecule has 4 rings (SSSR count). The lowest BCUT2D eigenvalue weighted by Crippen LogP contribution is -2.43. The van der Waals surface area contributed by atoms with Gasteiger partial charge in [0.05, 0.1) is 11.4 Å². The lowest BCUT2D eigenvalue weighted by atomic mass is 10.1. The number of aliphatic carboxylic acids is 1. The first-order valence-electron chi connectivity index (χ1n) is 9.56. The maximum atomic E-state index is 12.5. The van der Waals surface area contributed by atoms with Gasteiger partial charge in [0, 0.05) is 23.5 Å². The average molecular weight is 436 g/mol. The zero-order valence-electron chi connectivity index (χ0n) is 16.6. The van der Waals surface area contributed by atoms with Gasteiger partial charge in [0.15, 0.2) is 0 Å². The van der Waals surface area contributed by atoms with Crippen molar-refractivity contribution in [2.75, 3.05) is 5.75 Å². The first kappa shape index (κ1) is 20.6. The molecular weight excluding hydrogens is 416 g/mol. The third kappa shape index (κ3) is 4.75. The van der Waals surface area contributed by atoms with E-state index in [0.29, 0.717) is 5.16 Å². The number of H-pyrrole nitrogens is 1. The zero-order chi connectivity index (χ0) is 21.8. The number of carboxylic acid groups (broad SMARTS) is 1. The zero-order valence-corrected chi connectivity index (χ0v) is 17.5. The van der Waals surface area contributed by atoms with Crippen molar-refractivity contribution in [1.29, 1.82) is 0 Å². The smallest absolute Gasteiger partial charge is 0.326 e. The quantitative estimate of drug-likeness (QED) is 0.362. The molecule has 0 bridgehead atoms. The van der Waals surface area contributed by atoms with Crippen molar-refractivity contribution in [3.05, 3.63) is 65.9 Å². The second kappa shape index (κ2) is 9.00. The van der Waals surface area contributed by atoms with Crippen LogP contribution in [0.5, 0.6) is 0 Å². The standard InChI is InChI=1S/C21H20N6O3S/c1-13-6-8-15(9-7-13)27-21(24-25-26-27)31-12-19(28)23-18(20(29)30)10-14-11-22-17-5-3-2-4-16(14)17/h2-9,11,18,22H,10,12H2,1H3,(H,23,28)(H,29,30). The number of carbonyl (C=O) groups excluding carboxylic acids is 1. The van der Waals surface area contributed by atoms with Gasteiger partial charge in [-0.3, -0.25) is 4.79 Å². The third-order valence-corrected chi connectivity index (χ3v) is 5.70. The Morgan fingerprint density at radius 1 is 1.19 bits per heavy atom. The number of hydrogen-bond donors (Lipinski definition) is 3. The van der Waals surface area contributed by atoms with Crippen LogP contribution < -0.4 is 5.32 Å². The van der Waals surface area contributed by atoms with Crippen LogP contribution in [-0.2, 0) is 16.0 Å². The van der Waals surface area contributed by atoms with Gasteiger partial charge in [0.2, 0.25) is 11.1 Å². The molecule has 0 spiro atoms. The number of carbonyl (C=O) groups is 2. The molecule has 1 atom stereocenters. The number of amides is 1. The SMILES string of the molecule is Cc1ccc(-n2nnnc2SCC(=O)NC(Cc2c[nH]c3ccccc23)C(=O)O)cc1. The molecule has 4 aromatic rings. The Morgan fingerprint density at radius 3 is 2.74 bits per heavy atom. The number of nitrogens with one attached hydrogen (secondary N) is 2. The summed E-state index contributed by atoms with van der Waals surface area (Å²) in [5.74, 6) is -1.51. The maximum Gasteiger partial charge on any atom is 0.326 e. The van der Waals surface area contributed by atoms with Gasteiger partial charge in [-0.2, -0.15) is 4.68 Å². The van der Waals surface area contributed by atoms with Crippen molar-refractivity contribution < 1.29 is 14.7 Å². The average Bonchev–Trinajstić information content (AvgIpc) is 3.39. The molecular formula is C21H20N6O3S. The molecule has 1 amide bonds. The largest absolute Gasteiger partial charge is 0.480 e. The van der Waals surface area contributed by atoms with Crippen LogP contribution in [0, 0.1) is 6.92 Å². The van der Waals surface area contributed by atoms with E-state index >= 15 is 0 Å². The highest BCUT2D eigenvalue weighted by molar-refractivity contribution is 7.99. The highest BCUT2D eigenvalue weighted by Crippen LogP contribution is 2.20. The van der Waals surface area contributed by atoms with Gasteiger partial charge in [-0.05, 0) is 41.1 Å². The van der Waals surface area contributed by atoms with Gasteiger partial charge >= 0.3 is 5.97 Å². The lowest BCUT2D eigenvalue weighted by Gasteiger charge is -2.14. The summed E-state index contributed by atoms with van der Waals surface area (Å²) in [7, 11) is 0. The number of carboxylic acids is 1. The number of aromatic nitrogens is 5. The Hall–Kier alpha value is -3.66. The van der Waals surface area contributed by atoms with E-state index in [2.05, 4.69) is 25.8 Å². The highest BCUT2D eigenvalue weighted by atomic mass is 32.2. The molecule has 0 fully saturated rings. The number of tetrazole rings is 1. The third-order valence-electron chi connectivity index (χ3n) is 4.78. The van der Waals surface area contributed by atoms with E-state index in [1.54, 1.807) is 6.20 Å². The Labute approximate surface area is 181 Å². The summed E-state index contributed by atoms with van der Waals surface area (Å²) in [5.41, 5.74) is 3.65. The number of aromatic amines is 1. The second-order valence-corrected chi connectivity index (χ2v) is 7.96.